The third-order valence-corrected chi connectivity index (χ3v) is 7.56. The average molecular weight is 467 g/mol. The number of nitrogens with zero attached hydrogens (tertiary/aromatic N) is 2. The minimum absolute atomic E-state index is 0.183. The molecule has 2 aromatic rings. The Kier molecular flexibility index (Phi) is 6.30. The molecule has 0 aliphatic carbocycles. The fraction of sp³-hybridized carbons (Fsp3) is 0.481. The van der Waals surface area contributed by atoms with Gasteiger partial charge in [-0.3, -0.25) is 9.69 Å². The SMILES string of the molecule is O=C1O[C@@]2(CCCN(C(=O)C3(Cc4ccccc4)CCOCC3)CC2)CN1c1cccc(F)c1. The second-order valence-electron chi connectivity index (χ2n) is 9.82. The number of carbonyl (C=O) groups is 2. The highest BCUT2D eigenvalue weighted by Crippen LogP contribution is 2.40. The van der Waals surface area contributed by atoms with E-state index in [-0.39, 0.29) is 11.7 Å². The van der Waals surface area contributed by atoms with Crippen LogP contribution in [0, 0.1) is 11.2 Å². The van der Waals surface area contributed by atoms with E-state index in [4.69, 9.17) is 9.47 Å². The van der Waals surface area contributed by atoms with Crippen molar-refractivity contribution in [1.82, 2.24) is 4.90 Å². The number of hydrogen-bond donors (Lipinski definition) is 0. The Labute approximate surface area is 199 Å². The predicted octanol–water partition coefficient (Wildman–Crippen LogP) is 4.57. The molecule has 0 radical (unpaired) electrons. The highest BCUT2D eigenvalue weighted by Gasteiger charge is 2.48. The average Bonchev–Trinajstić information content (AvgIpc) is 3.04. The molecule has 0 aromatic heterocycles. The Morgan fingerprint density at radius 1 is 0.971 bits per heavy atom. The van der Waals surface area contributed by atoms with Crippen molar-refractivity contribution in [2.45, 2.75) is 44.1 Å². The van der Waals surface area contributed by atoms with Gasteiger partial charge in [0.05, 0.1) is 17.6 Å². The molecule has 2 aromatic carbocycles. The van der Waals surface area contributed by atoms with Crippen molar-refractivity contribution >= 4 is 17.7 Å². The van der Waals surface area contributed by atoms with E-state index < -0.39 is 17.1 Å². The summed E-state index contributed by atoms with van der Waals surface area (Å²) in [6.07, 6.45) is 3.70. The lowest BCUT2D eigenvalue weighted by atomic mass is 9.74. The van der Waals surface area contributed by atoms with Gasteiger partial charge >= 0.3 is 6.09 Å². The maximum absolute atomic E-state index is 13.9. The van der Waals surface area contributed by atoms with Crippen LogP contribution in [0.5, 0.6) is 0 Å². The minimum atomic E-state index is -0.652. The first-order valence-corrected chi connectivity index (χ1v) is 12.2. The summed E-state index contributed by atoms with van der Waals surface area (Å²) in [5, 5.41) is 0. The number of hydrogen-bond acceptors (Lipinski definition) is 4. The van der Waals surface area contributed by atoms with Crippen LogP contribution in [-0.2, 0) is 20.7 Å². The number of likely N-dealkylation sites (tertiary alicyclic amines) is 1. The molecule has 1 spiro atoms. The number of carbonyl (C=O) groups excluding carboxylic acids is 2. The smallest absolute Gasteiger partial charge is 0.415 e. The van der Waals surface area contributed by atoms with Crippen LogP contribution in [0.15, 0.2) is 54.6 Å². The predicted molar refractivity (Wildman–Crippen MR) is 126 cm³/mol. The number of halogens is 1. The molecule has 3 aliphatic heterocycles. The van der Waals surface area contributed by atoms with Crippen LogP contribution in [-0.4, -0.2) is 55.3 Å². The van der Waals surface area contributed by atoms with E-state index >= 15 is 0 Å². The first-order chi connectivity index (χ1) is 16.5. The summed E-state index contributed by atoms with van der Waals surface area (Å²) < 4.78 is 25.2. The van der Waals surface area contributed by atoms with Crippen molar-refractivity contribution in [3.8, 4) is 0 Å². The van der Waals surface area contributed by atoms with E-state index in [1.165, 1.54) is 22.6 Å². The fourth-order valence-electron chi connectivity index (χ4n) is 5.65. The standard InChI is InChI=1S/C27H31FN2O4/c28-22-8-4-9-23(18-22)30-20-27(34-25(30)32)10-5-14-29(15-11-27)24(31)26(12-16-33-17-13-26)19-21-6-2-1-3-7-21/h1-4,6-9,18H,5,10-17,19-20H2/t27-/m1/s1. The third kappa shape index (κ3) is 4.53. The first-order valence-electron chi connectivity index (χ1n) is 12.2. The Morgan fingerprint density at radius 3 is 2.53 bits per heavy atom. The quantitative estimate of drug-likeness (QED) is 0.662. The third-order valence-electron chi connectivity index (χ3n) is 7.56. The van der Waals surface area contributed by atoms with Crippen molar-refractivity contribution in [3.63, 3.8) is 0 Å². The van der Waals surface area contributed by atoms with E-state index in [0.717, 1.165) is 6.42 Å². The van der Waals surface area contributed by atoms with Gasteiger partial charge in [-0.15, -0.1) is 0 Å². The summed E-state index contributed by atoms with van der Waals surface area (Å²) in [7, 11) is 0. The van der Waals surface area contributed by atoms with Gasteiger partial charge in [-0.1, -0.05) is 36.4 Å². The summed E-state index contributed by atoms with van der Waals surface area (Å²) in [6, 6.07) is 16.2. The Hall–Kier alpha value is -2.93. The molecular weight excluding hydrogens is 435 g/mol. The molecule has 1 atom stereocenters. The van der Waals surface area contributed by atoms with Crippen LogP contribution in [0.25, 0.3) is 0 Å². The van der Waals surface area contributed by atoms with Crippen LogP contribution in [0.1, 0.15) is 37.7 Å². The molecule has 0 saturated carbocycles. The Balaban J connectivity index is 1.31. The largest absolute Gasteiger partial charge is 0.441 e. The van der Waals surface area contributed by atoms with E-state index in [1.54, 1.807) is 12.1 Å². The zero-order valence-electron chi connectivity index (χ0n) is 19.4. The van der Waals surface area contributed by atoms with Gasteiger partial charge in [-0.25, -0.2) is 9.18 Å². The normalized spacial score (nSPS) is 24.7. The summed E-state index contributed by atoms with van der Waals surface area (Å²) in [5.41, 5.74) is 0.556. The molecule has 0 unspecified atom stereocenters. The van der Waals surface area contributed by atoms with E-state index in [9.17, 15) is 14.0 Å². The topological polar surface area (TPSA) is 59.1 Å². The van der Waals surface area contributed by atoms with Crippen molar-refractivity contribution in [2.24, 2.45) is 5.41 Å². The van der Waals surface area contributed by atoms with E-state index in [1.807, 2.05) is 23.1 Å². The maximum Gasteiger partial charge on any atom is 0.415 e. The van der Waals surface area contributed by atoms with Gasteiger partial charge in [0.15, 0.2) is 0 Å². The summed E-state index contributed by atoms with van der Waals surface area (Å²) in [6.45, 7) is 2.75. The molecular formula is C27H31FN2O4. The van der Waals surface area contributed by atoms with Crippen LogP contribution < -0.4 is 4.90 Å². The fourth-order valence-corrected chi connectivity index (χ4v) is 5.65. The lowest BCUT2D eigenvalue weighted by Crippen LogP contribution is -2.49. The molecule has 3 aliphatic rings. The molecule has 34 heavy (non-hydrogen) atoms. The molecule has 0 bridgehead atoms. The van der Waals surface area contributed by atoms with Crippen molar-refractivity contribution < 1.29 is 23.5 Å². The van der Waals surface area contributed by atoms with Crippen LogP contribution >= 0.6 is 0 Å². The zero-order chi connectivity index (χ0) is 23.6. The molecule has 7 heteroatoms. The van der Waals surface area contributed by atoms with Crippen LogP contribution in [0.2, 0.25) is 0 Å². The van der Waals surface area contributed by atoms with Gasteiger partial charge in [-0.2, -0.15) is 0 Å². The molecule has 2 amide bonds. The molecule has 180 valence electrons. The maximum atomic E-state index is 13.9. The van der Waals surface area contributed by atoms with Gasteiger partial charge in [0.1, 0.15) is 11.4 Å². The number of anilines is 1. The monoisotopic (exact) mass is 466 g/mol. The molecule has 0 N–H and O–H groups in total. The lowest BCUT2D eigenvalue weighted by Gasteiger charge is -2.40. The van der Waals surface area contributed by atoms with Gasteiger partial charge in [0.2, 0.25) is 5.91 Å². The lowest BCUT2D eigenvalue weighted by molar-refractivity contribution is -0.148. The van der Waals surface area contributed by atoms with E-state index in [0.29, 0.717) is 70.6 Å². The van der Waals surface area contributed by atoms with Crippen molar-refractivity contribution in [2.75, 3.05) is 37.7 Å². The Morgan fingerprint density at radius 2 is 1.76 bits per heavy atom. The molecule has 5 rings (SSSR count). The van der Waals surface area contributed by atoms with E-state index in [2.05, 4.69) is 12.1 Å². The minimum Gasteiger partial charge on any atom is -0.441 e. The number of benzene rings is 2. The van der Waals surface area contributed by atoms with Gasteiger partial charge in [0, 0.05) is 32.7 Å². The van der Waals surface area contributed by atoms with Crippen molar-refractivity contribution in [1.29, 1.82) is 0 Å². The van der Waals surface area contributed by atoms with Crippen LogP contribution in [0.4, 0.5) is 14.9 Å². The van der Waals surface area contributed by atoms with Gasteiger partial charge in [0.25, 0.3) is 0 Å². The van der Waals surface area contributed by atoms with Gasteiger partial charge < -0.3 is 14.4 Å². The number of rotatable bonds is 4. The number of amides is 2. The second kappa shape index (κ2) is 9.37. The Bertz CT molecular complexity index is 1040. The number of ether oxygens (including phenoxy) is 2. The molecule has 3 saturated heterocycles. The highest BCUT2D eigenvalue weighted by atomic mass is 19.1. The summed E-state index contributed by atoms with van der Waals surface area (Å²) >= 11 is 0. The van der Waals surface area contributed by atoms with Gasteiger partial charge in [-0.05, 0) is 55.9 Å². The summed E-state index contributed by atoms with van der Waals surface area (Å²) in [5.74, 6) is -0.202. The van der Waals surface area contributed by atoms with Crippen molar-refractivity contribution in [3.05, 3.63) is 66.0 Å². The highest BCUT2D eigenvalue weighted by molar-refractivity contribution is 5.90. The molecule has 6 nitrogen and oxygen atoms in total. The first kappa shape index (κ1) is 22.8. The second-order valence-corrected chi connectivity index (χ2v) is 9.82. The molecule has 3 fully saturated rings. The summed E-state index contributed by atoms with van der Waals surface area (Å²) in [4.78, 5) is 30.1. The van der Waals surface area contributed by atoms with Crippen LogP contribution in [0.3, 0.4) is 0 Å². The zero-order valence-corrected chi connectivity index (χ0v) is 19.4. The molecule has 3 heterocycles.